The Morgan fingerprint density at radius 3 is 2.50 bits per heavy atom. The third-order valence-corrected chi connectivity index (χ3v) is 5.84. The van der Waals surface area contributed by atoms with E-state index in [0.29, 0.717) is 18.0 Å². The number of carbonyl (C=O) groups is 1. The molecule has 4 rings (SSSR count). The highest BCUT2D eigenvalue weighted by atomic mass is 16.2. The van der Waals surface area contributed by atoms with Crippen LogP contribution in [0, 0.1) is 6.92 Å². The molecule has 1 aromatic rings. The second kappa shape index (κ2) is 6.31. The molecule has 2 aliphatic heterocycles. The summed E-state index contributed by atoms with van der Waals surface area (Å²) < 4.78 is 0. The monoisotopic (exact) mass is 329 g/mol. The number of amides is 1. The van der Waals surface area contributed by atoms with Crippen molar-refractivity contribution in [3.8, 4) is 0 Å². The van der Waals surface area contributed by atoms with Gasteiger partial charge in [0.2, 0.25) is 5.91 Å². The van der Waals surface area contributed by atoms with Crippen LogP contribution < -0.4 is 4.90 Å². The lowest BCUT2D eigenvalue weighted by Gasteiger charge is -2.39. The number of aryl methyl sites for hydroxylation is 1. The van der Waals surface area contributed by atoms with Gasteiger partial charge in [0.1, 0.15) is 12.1 Å². The summed E-state index contributed by atoms with van der Waals surface area (Å²) in [5.41, 5.74) is 1.00. The van der Waals surface area contributed by atoms with Gasteiger partial charge in [0, 0.05) is 50.5 Å². The Morgan fingerprint density at radius 2 is 1.83 bits per heavy atom. The molecule has 1 atom stereocenters. The van der Waals surface area contributed by atoms with E-state index >= 15 is 0 Å². The number of anilines is 1. The lowest BCUT2D eigenvalue weighted by Crippen LogP contribution is -2.50. The van der Waals surface area contributed by atoms with Gasteiger partial charge in [0.05, 0.1) is 6.04 Å². The Morgan fingerprint density at radius 1 is 1.08 bits per heavy atom. The minimum absolute atomic E-state index is 0.137. The van der Waals surface area contributed by atoms with Gasteiger partial charge >= 0.3 is 0 Å². The first-order chi connectivity index (χ1) is 11.6. The van der Waals surface area contributed by atoms with Crippen LogP contribution in [0.2, 0.25) is 0 Å². The van der Waals surface area contributed by atoms with Gasteiger partial charge in [-0.2, -0.15) is 0 Å². The maximum Gasteiger partial charge on any atom is 0.240 e. The van der Waals surface area contributed by atoms with E-state index in [1.54, 1.807) is 6.33 Å². The molecule has 0 bridgehead atoms. The number of aromatic nitrogens is 2. The highest BCUT2D eigenvalue weighted by Crippen LogP contribution is 2.33. The second-order valence-electron chi connectivity index (χ2n) is 7.46. The van der Waals surface area contributed by atoms with E-state index in [0.717, 1.165) is 50.4 Å². The third kappa shape index (κ3) is 2.99. The molecule has 1 unspecified atom stereocenters. The summed E-state index contributed by atoms with van der Waals surface area (Å²) >= 11 is 0. The Kier molecular flexibility index (Phi) is 4.16. The molecule has 6 nitrogen and oxygen atoms in total. The van der Waals surface area contributed by atoms with Gasteiger partial charge in [-0.1, -0.05) is 0 Å². The van der Waals surface area contributed by atoms with Crippen LogP contribution >= 0.6 is 0 Å². The van der Waals surface area contributed by atoms with E-state index in [1.165, 1.54) is 12.8 Å². The molecule has 0 radical (unpaired) electrons. The maximum absolute atomic E-state index is 12.6. The summed E-state index contributed by atoms with van der Waals surface area (Å²) in [6.45, 7) is 4.98. The highest BCUT2D eigenvalue weighted by molar-refractivity contribution is 5.84. The zero-order valence-corrected chi connectivity index (χ0v) is 14.7. The largest absolute Gasteiger partial charge is 0.356 e. The van der Waals surface area contributed by atoms with Gasteiger partial charge in [0.15, 0.2) is 0 Å². The zero-order valence-electron chi connectivity index (χ0n) is 14.7. The average molecular weight is 329 g/mol. The van der Waals surface area contributed by atoms with E-state index in [2.05, 4.69) is 31.7 Å². The minimum Gasteiger partial charge on any atom is -0.356 e. The number of carbonyl (C=O) groups excluding carboxylic acids is 1. The Hall–Kier alpha value is -1.69. The van der Waals surface area contributed by atoms with Crippen molar-refractivity contribution in [2.45, 2.75) is 57.2 Å². The van der Waals surface area contributed by atoms with Crippen LogP contribution in [-0.2, 0) is 4.79 Å². The molecule has 3 aliphatic rings. The topological polar surface area (TPSA) is 52.6 Å². The summed E-state index contributed by atoms with van der Waals surface area (Å²) in [6.07, 6.45) is 7.26. The molecule has 2 saturated heterocycles. The van der Waals surface area contributed by atoms with Crippen molar-refractivity contribution in [3.05, 3.63) is 18.1 Å². The lowest BCUT2D eigenvalue weighted by molar-refractivity contribution is -0.133. The number of rotatable bonds is 4. The van der Waals surface area contributed by atoms with E-state index in [-0.39, 0.29) is 6.04 Å². The normalized spacial score (nSPS) is 26.2. The fourth-order valence-electron chi connectivity index (χ4n) is 4.18. The van der Waals surface area contributed by atoms with Crippen LogP contribution in [0.5, 0.6) is 0 Å². The molecule has 1 amide bonds. The number of hydrogen-bond acceptors (Lipinski definition) is 5. The first-order valence-electron chi connectivity index (χ1n) is 9.19. The van der Waals surface area contributed by atoms with Crippen LogP contribution in [-0.4, -0.2) is 70.5 Å². The highest BCUT2D eigenvalue weighted by Gasteiger charge is 2.43. The summed E-state index contributed by atoms with van der Waals surface area (Å²) in [5, 5.41) is 0. The van der Waals surface area contributed by atoms with Crippen LogP contribution in [0.25, 0.3) is 0 Å². The number of likely N-dealkylation sites (tertiary alicyclic amines) is 2. The van der Waals surface area contributed by atoms with Gasteiger partial charge in [-0.3, -0.25) is 9.69 Å². The van der Waals surface area contributed by atoms with Crippen LogP contribution in [0.15, 0.2) is 12.4 Å². The molecule has 6 heteroatoms. The molecule has 3 heterocycles. The molecular formula is C18H27N5O. The molecule has 1 saturated carbocycles. The third-order valence-electron chi connectivity index (χ3n) is 5.84. The van der Waals surface area contributed by atoms with E-state index < -0.39 is 0 Å². The standard InChI is InChI=1S/C18H27N5O/c1-13-11-17(20-12-19-13)21(2)14-5-8-22(9-6-14)16-7-10-23(18(16)24)15-3-4-15/h11-12,14-16H,3-10H2,1-2H3. The maximum atomic E-state index is 12.6. The van der Waals surface area contributed by atoms with Gasteiger partial charge < -0.3 is 9.80 Å². The molecule has 0 N–H and O–H groups in total. The summed E-state index contributed by atoms with van der Waals surface area (Å²) in [6, 6.07) is 3.23. The van der Waals surface area contributed by atoms with Crippen molar-refractivity contribution in [1.82, 2.24) is 19.8 Å². The quantitative estimate of drug-likeness (QED) is 0.837. The first kappa shape index (κ1) is 15.8. The molecule has 0 spiro atoms. The SMILES string of the molecule is Cc1cc(N(C)C2CCN(C3CCN(C4CC4)C3=O)CC2)ncn1. The number of piperidine rings is 1. The number of nitrogens with zero attached hydrogens (tertiary/aromatic N) is 5. The van der Waals surface area contributed by atoms with Crippen LogP contribution in [0.3, 0.4) is 0 Å². The van der Waals surface area contributed by atoms with E-state index in [9.17, 15) is 4.79 Å². The van der Waals surface area contributed by atoms with Gasteiger partial charge in [-0.05, 0) is 39.0 Å². The first-order valence-corrected chi connectivity index (χ1v) is 9.19. The van der Waals surface area contributed by atoms with Gasteiger partial charge in [-0.25, -0.2) is 9.97 Å². The fraction of sp³-hybridized carbons (Fsp3) is 0.722. The van der Waals surface area contributed by atoms with Crippen molar-refractivity contribution < 1.29 is 4.79 Å². The predicted octanol–water partition coefficient (Wildman–Crippen LogP) is 1.45. The molecule has 1 aliphatic carbocycles. The average Bonchev–Trinajstić information content (AvgIpc) is 3.37. The van der Waals surface area contributed by atoms with Gasteiger partial charge in [0.25, 0.3) is 0 Å². The van der Waals surface area contributed by atoms with Crippen molar-refractivity contribution >= 4 is 11.7 Å². The van der Waals surface area contributed by atoms with E-state index in [1.807, 2.05) is 13.0 Å². The zero-order chi connectivity index (χ0) is 16.7. The Bertz CT molecular complexity index is 609. The van der Waals surface area contributed by atoms with Crippen LogP contribution in [0.1, 0.15) is 37.8 Å². The van der Waals surface area contributed by atoms with Crippen molar-refractivity contribution in [3.63, 3.8) is 0 Å². The molecule has 24 heavy (non-hydrogen) atoms. The fourth-order valence-corrected chi connectivity index (χ4v) is 4.18. The summed E-state index contributed by atoms with van der Waals surface area (Å²) in [7, 11) is 2.12. The van der Waals surface area contributed by atoms with Crippen molar-refractivity contribution in [1.29, 1.82) is 0 Å². The number of hydrogen-bond donors (Lipinski definition) is 0. The minimum atomic E-state index is 0.137. The van der Waals surface area contributed by atoms with Gasteiger partial charge in [-0.15, -0.1) is 0 Å². The Labute approximate surface area is 143 Å². The predicted molar refractivity (Wildman–Crippen MR) is 92.9 cm³/mol. The molecule has 3 fully saturated rings. The molecule has 1 aromatic heterocycles. The molecule has 0 aromatic carbocycles. The van der Waals surface area contributed by atoms with Crippen molar-refractivity contribution in [2.75, 3.05) is 31.6 Å². The molecular weight excluding hydrogens is 302 g/mol. The van der Waals surface area contributed by atoms with Crippen LogP contribution in [0.4, 0.5) is 5.82 Å². The molecule has 130 valence electrons. The smallest absolute Gasteiger partial charge is 0.240 e. The summed E-state index contributed by atoms with van der Waals surface area (Å²) in [4.78, 5) is 28.0. The lowest BCUT2D eigenvalue weighted by atomic mass is 10.0. The summed E-state index contributed by atoms with van der Waals surface area (Å²) in [5.74, 6) is 1.38. The second-order valence-corrected chi connectivity index (χ2v) is 7.46. The Balaban J connectivity index is 1.34. The van der Waals surface area contributed by atoms with Crippen molar-refractivity contribution in [2.24, 2.45) is 0 Å². The van der Waals surface area contributed by atoms with E-state index in [4.69, 9.17) is 0 Å².